The van der Waals surface area contributed by atoms with Crippen LogP contribution in [0.15, 0.2) is 27.5 Å². The quantitative estimate of drug-likeness (QED) is 0.832. The summed E-state index contributed by atoms with van der Waals surface area (Å²) in [6.07, 6.45) is 3.67. The summed E-state index contributed by atoms with van der Waals surface area (Å²) in [6.45, 7) is 1.52. The second kappa shape index (κ2) is 6.90. The fraction of sp³-hybridized carbons (Fsp3) is 0.500. The minimum atomic E-state index is -3.77. The highest BCUT2D eigenvalue weighted by Gasteiger charge is 2.32. The minimum Gasteiger partial charge on any atom is -0.383 e. The molecule has 0 spiro atoms. The van der Waals surface area contributed by atoms with Gasteiger partial charge in [-0.3, -0.25) is 4.79 Å². The third-order valence-electron chi connectivity index (χ3n) is 4.20. The van der Waals surface area contributed by atoms with Crippen molar-refractivity contribution in [3.63, 3.8) is 0 Å². The number of amidine groups is 1. The molecule has 1 aromatic carbocycles. The van der Waals surface area contributed by atoms with Gasteiger partial charge in [0.2, 0.25) is 0 Å². The van der Waals surface area contributed by atoms with E-state index in [1.165, 1.54) is 6.07 Å². The molecule has 0 aliphatic carbocycles. The molecule has 130 valence electrons. The topological polar surface area (TPSA) is 88.1 Å². The largest absolute Gasteiger partial charge is 0.383 e. The number of fused-ring (bicyclic) bond motifs is 3. The van der Waals surface area contributed by atoms with E-state index in [2.05, 4.69) is 9.71 Å². The number of anilines is 1. The lowest BCUT2D eigenvalue weighted by Gasteiger charge is -2.29. The first-order chi connectivity index (χ1) is 11.5. The minimum absolute atomic E-state index is 0.104. The van der Waals surface area contributed by atoms with Gasteiger partial charge < -0.3 is 15.0 Å². The van der Waals surface area contributed by atoms with Crippen LogP contribution >= 0.6 is 0 Å². The summed E-state index contributed by atoms with van der Waals surface area (Å²) in [6, 6.07) is 4.78. The Morgan fingerprint density at radius 1 is 1.33 bits per heavy atom. The van der Waals surface area contributed by atoms with Crippen LogP contribution in [0, 0.1) is 0 Å². The lowest BCUT2D eigenvalue weighted by molar-refractivity contribution is 0.0937. The number of rotatable bonds is 4. The fourth-order valence-electron chi connectivity index (χ4n) is 2.99. The number of carbonyl (C=O) groups is 1. The molecule has 0 radical (unpaired) electrons. The zero-order valence-corrected chi connectivity index (χ0v) is 14.4. The van der Waals surface area contributed by atoms with Crippen molar-refractivity contribution >= 4 is 27.5 Å². The summed E-state index contributed by atoms with van der Waals surface area (Å²) in [5, 5.41) is 2.69. The van der Waals surface area contributed by atoms with Crippen LogP contribution in [0.4, 0.5) is 5.69 Å². The first-order valence-electron chi connectivity index (χ1n) is 8.05. The first kappa shape index (κ1) is 16.9. The van der Waals surface area contributed by atoms with E-state index in [0.29, 0.717) is 36.7 Å². The van der Waals surface area contributed by atoms with E-state index in [4.69, 9.17) is 4.74 Å². The third-order valence-corrected chi connectivity index (χ3v) is 5.54. The molecule has 3 rings (SSSR count). The second-order valence-corrected chi connectivity index (χ2v) is 7.45. The van der Waals surface area contributed by atoms with Crippen molar-refractivity contribution in [2.24, 2.45) is 4.40 Å². The molecule has 1 N–H and O–H groups in total. The summed E-state index contributed by atoms with van der Waals surface area (Å²) >= 11 is 0. The maximum absolute atomic E-state index is 12.5. The van der Waals surface area contributed by atoms with E-state index >= 15 is 0 Å². The van der Waals surface area contributed by atoms with Gasteiger partial charge in [0.05, 0.1) is 12.3 Å². The maximum atomic E-state index is 12.5. The van der Waals surface area contributed by atoms with Crippen LogP contribution in [-0.4, -0.2) is 47.0 Å². The number of benzene rings is 1. The Morgan fingerprint density at radius 2 is 2.17 bits per heavy atom. The van der Waals surface area contributed by atoms with Gasteiger partial charge in [-0.2, -0.15) is 8.42 Å². The normalized spacial score (nSPS) is 18.9. The molecule has 0 aromatic heterocycles. The van der Waals surface area contributed by atoms with E-state index in [0.717, 1.165) is 25.8 Å². The van der Waals surface area contributed by atoms with Gasteiger partial charge >= 0.3 is 0 Å². The number of hydrogen-bond acceptors (Lipinski definition) is 5. The number of sulfonamides is 1. The molecule has 0 saturated carbocycles. The summed E-state index contributed by atoms with van der Waals surface area (Å²) < 4.78 is 33.9. The number of carbonyl (C=O) groups excluding carboxylic acids is 1. The van der Waals surface area contributed by atoms with Gasteiger partial charge in [-0.15, -0.1) is 4.40 Å². The predicted molar refractivity (Wildman–Crippen MR) is 91.1 cm³/mol. The smallest absolute Gasteiger partial charge is 0.286 e. The molecule has 2 aliphatic heterocycles. The van der Waals surface area contributed by atoms with Gasteiger partial charge in [0.15, 0.2) is 0 Å². The molecule has 0 atom stereocenters. The molecule has 1 amide bonds. The van der Waals surface area contributed by atoms with Crippen molar-refractivity contribution in [1.29, 1.82) is 0 Å². The van der Waals surface area contributed by atoms with Crippen molar-refractivity contribution in [3.8, 4) is 0 Å². The Kier molecular flexibility index (Phi) is 4.86. The summed E-state index contributed by atoms with van der Waals surface area (Å²) in [7, 11) is -2.22. The predicted octanol–water partition coefficient (Wildman–Crippen LogP) is 1.54. The Morgan fingerprint density at radius 3 is 2.96 bits per heavy atom. The summed E-state index contributed by atoms with van der Waals surface area (Å²) in [5.41, 5.74) is 0.928. The van der Waals surface area contributed by atoms with Gasteiger partial charge in [-0.1, -0.05) is 6.42 Å². The molecule has 24 heavy (non-hydrogen) atoms. The van der Waals surface area contributed by atoms with Crippen molar-refractivity contribution in [2.45, 2.75) is 30.6 Å². The van der Waals surface area contributed by atoms with Gasteiger partial charge in [0.25, 0.3) is 15.9 Å². The SMILES string of the molecule is COCCNC(=O)c1ccc2c(c1)S(=O)(=O)N=C1CCCCCN12. The molecule has 0 bridgehead atoms. The van der Waals surface area contributed by atoms with Gasteiger partial charge in [-0.05, 0) is 31.0 Å². The molecule has 2 heterocycles. The lowest BCUT2D eigenvalue weighted by atomic mass is 10.1. The van der Waals surface area contributed by atoms with Gasteiger partial charge in [0.1, 0.15) is 10.7 Å². The summed E-state index contributed by atoms with van der Waals surface area (Å²) in [5.74, 6) is 0.285. The highest BCUT2D eigenvalue weighted by molar-refractivity contribution is 7.90. The average molecular weight is 351 g/mol. The lowest BCUT2D eigenvalue weighted by Crippen LogP contribution is -2.35. The van der Waals surface area contributed by atoms with Crippen LogP contribution in [-0.2, 0) is 14.8 Å². The molecule has 8 heteroatoms. The van der Waals surface area contributed by atoms with Gasteiger partial charge in [0, 0.05) is 32.2 Å². The van der Waals surface area contributed by atoms with Crippen LogP contribution in [0.2, 0.25) is 0 Å². The van der Waals surface area contributed by atoms with Crippen molar-refractivity contribution < 1.29 is 17.9 Å². The number of ether oxygens (including phenoxy) is 1. The van der Waals surface area contributed by atoms with E-state index in [9.17, 15) is 13.2 Å². The monoisotopic (exact) mass is 351 g/mol. The summed E-state index contributed by atoms with van der Waals surface area (Å²) in [4.78, 5) is 14.2. The number of nitrogens with zero attached hydrogens (tertiary/aromatic N) is 2. The van der Waals surface area contributed by atoms with Crippen molar-refractivity contribution in [3.05, 3.63) is 23.8 Å². The Labute approximate surface area is 141 Å². The molecule has 2 aliphatic rings. The van der Waals surface area contributed by atoms with Crippen molar-refractivity contribution in [2.75, 3.05) is 31.7 Å². The molecule has 0 unspecified atom stereocenters. The zero-order valence-electron chi connectivity index (χ0n) is 13.6. The van der Waals surface area contributed by atoms with Crippen LogP contribution in [0.25, 0.3) is 0 Å². The molecular weight excluding hydrogens is 330 g/mol. The first-order valence-corrected chi connectivity index (χ1v) is 9.49. The van der Waals surface area contributed by atoms with Crippen molar-refractivity contribution in [1.82, 2.24) is 5.32 Å². The van der Waals surface area contributed by atoms with E-state index in [-0.39, 0.29) is 10.8 Å². The number of methoxy groups -OCH3 is 1. The van der Waals surface area contributed by atoms with E-state index in [1.54, 1.807) is 19.2 Å². The van der Waals surface area contributed by atoms with Crippen LogP contribution < -0.4 is 10.2 Å². The Balaban J connectivity index is 1.94. The maximum Gasteiger partial charge on any atom is 0.286 e. The highest BCUT2D eigenvalue weighted by atomic mass is 32.2. The molecular formula is C16H21N3O4S. The Hall–Kier alpha value is -1.93. The molecule has 1 aromatic rings. The van der Waals surface area contributed by atoms with E-state index in [1.807, 2.05) is 4.90 Å². The molecule has 1 fully saturated rings. The Bertz CT molecular complexity index is 774. The number of amides is 1. The molecule has 7 nitrogen and oxygen atoms in total. The number of hydrogen-bond donors (Lipinski definition) is 1. The van der Waals surface area contributed by atoms with Crippen LogP contribution in [0.1, 0.15) is 36.0 Å². The molecule has 1 saturated heterocycles. The van der Waals surface area contributed by atoms with E-state index < -0.39 is 10.0 Å². The second-order valence-electron chi connectivity index (χ2n) is 5.88. The fourth-order valence-corrected chi connectivity index (χ4v) is 4.27. The van der Waals surface area contributed by atoms with Gasteiger partial charge in [-0.25, -0.2) is 0 Å². The number of nitrogens with one attached hydrogen (secondary N) is 1. The highest BCUT2D eigenvalue weighted by Crippen LogP contribution is 2.34. The average Bonchev–Trinajstić information content (AvgIpc) is 2.79. The standard InChI is InChI=1S/C16H21N3O4S/c1-23-10-8-17-16(20)12-6-7-13-14(11-12)24(21,22)18-15-5-3-2-4-9-19(13)15/h6-7,11H,2-5,8-10H2,1H3,(H,17,20). The third kappa shape index (κ3) is 3.29. The zero-order chi connectivity index (χ0) is 17.2. The van der Waals surface area contributed by atoms with Crippen LogP contribution in [0.3, 0.4) is 0 Å². The van der Waals surface area contributed by atoms with Crippen LogP contribution in [0.5, 0.6) is 0 Å².